The second-order valence-corrected chi connectivity index (χ2v) is 5.03. The first-order valence-corrected chi connectivity index (χ1v) is 7.49. The predicted molar refractivity (Wildman–Crippen MR) is 90.2 cm³/mol. The van der Waals surface area contributed by atoms with E-state index in [-0.39, 0.29) is 25.1 Å². The van der Waals surface area contributed by atoms with Crippen molar-refractivity contribution in [3.05, 3.63) is 71.8 Å². The first-order valence-electron chi connectivity index (χ1n) is 7.49. The summed E-state index contributed by atoms with van der Waals surface area (Å²) in [6.45, 7) is 0.504. The highest BCUT2D eigenvalue weighted by Gasteiger charge is 2.15. The van der Waals surface area contributed by atoms with Crippen molar-refractivity contribution in [2.24, 2.45) is 0 Å². The van der Waals surface area contributed by atoms with Gasteiger partial charge in [-0.2, -0.15) is 0 Å². The molecule has 23 heavy (non-hydrogen) atoms. The summed E-state index contributed by atoms with van der Waals surface area (Å²) >= 11 is 0. The Kier molecular flexibility index (Phi) is 7.06. The van der Waals surface area contributed by atoms with E-state index in [1.807, 2.05) is 60.7 Å². The van der Waals surface area contributed by atoms with Crippen molar-refractivity contribution < 1.29 is 14.3 Å². The van der Waals surface area contributed by atoms with E-state index in [1.165, 1.54) is 0 Å². The molecule has 1 atom stereocenters. The Morgan fingerprint density at radius 2 is 1.70 bits per heavy atom. The average Bonchev–Trinajstić information content (AvgIpc) is 2.62. The van der Waals surface area contributed by atoms with Crippen LogP contribution in [0.1, 0.15) is 28.3 Å². The van der Waals surface area contributed by atoms with Crippen LogP contribution in [0.15, 0.2) is 60.7 Å². The summed E-state index contributed by atoms with van der Waals surface area (Å²) in [5.74, 6) is 6.06. The lowest BCUT2D eigenvalue weighted by atomic mass is 9.92. The molecule has 0 amide bonds. The molecule has 0 N–H and O–H groups in total. The van der Waals surface area contributed by atoms with Crippen molar-refractivity contribution in [2.75, 3.05) is 20.5 Å². The zero-order valence-electron chi connectivity index (χ0n) is 13.2. The minimum atomic E-state index is -0.143. The molecule has 0 fully saturated rings. The van der Waals surface area contributed by atoms with Crippen LogP contribution in [0.25, 0.3) is 0 Å². The molecular weight excluding hydrogens is 288 g/mol. The minimum absolute atomic E-state index is 0.0894. The number of hydrogen-bond donors (Lipinski definition) is 0. The van der Waals surface area contributed by atoms with E-state index in [1.54, 1.807) is 7.11 Å². The predicted octanol–water partition coefficient (Wildman–Crippen LogP) is 3.67. The number of carbonyl (C=O) groups excluding carboxylic acids is 1. The summed E-state index contributed by atoms with van der Waals surface area (Å²) in [7, 11) is 1.57. The van der Waals surface area contributed by atoms with Crippen LogP contribution in [0, 0.1) is 11.8 Å². The highest BCUT2D eigenvalue weighted by atomic mass is 16.7. The molecule has 3 heteroatoms. The molecule has 3 nitrogen and oxygen atoms in total. The Balaban J connectivity index is 2.09. The van der Waals surface area contributed by atoms with Crippen molar-refractivity contribution in [3.63, 3.8) is 0 Å². The summed E-state index contributed by atoms with van der Waals surface area (Å²) in [4.78, 5) is 12.4. The maximum Gasteiger partial charge on any atom is 0.164 e. The highest BCUT2D eigenvalue weighted by molar-refractivity contribution is 5.96. The van der Waals surface area contributed by atoms with E-state index in [2.05, 4.69) is 11.8 Å². The summed E-state index contributed by atoms with van der Waals surface area (Å²) in [5.41, 5.74) is 1.75. The molecule has 0 aliphatic carbocycles. The third kappa shape index (κ3) is 5.71. The Morgan fingerprint density at radius 1 is 1.04 bits per heavy atom. The lowest BCUT2D eigenvalue weighted by Gasteiger charge is -2.10. The average molecular weight is 308 g/mol. The van der Waals surface area contributed by atoms with Gasteiger partial charge in [-0.3, -0.25) is 4.79 Å². The number of benzene rings is 2. The molecule has 0 aliphatic rings. The molecule has 0 radical (unpaired) electrons. The number of methoxy groups -OCH3 is 1. The second-order valence-electron chi connectivity index (χ2n) is 5.03. The standard InChI is InChI=1S/C20H20O3/c1-22-16-23-14-8-13-19(17-9-4-2-5-10-17)15-20(21)18-11-6-3-7-12-18/h2-7,9-12,19H,14-16H2,1H3. The molecular formula is C20H20O3. The van der Waals surface area contributed by atoms with E-state index < -0.39 is 0 Å². The molecule has 2 rings (SSSR count). The SMILES string of the molecule is COCOCC#CC(CC(=O)c1ccccc1)c1ccccc1. The number of ether oxygens (including phenoxy) is 2. The molecule has 0 aromatic heterocycles. The van der Waals surface area contributed by atoms with Crippen molar-refractivity contribution >= 4 is 5.78 Å². The number of ketones is 1. The lowest BCUT2D eigenvalue weighted by Crippen LogP contribution is -2.07. The highest BCUT2D eigenvalue weighted by Crippen LogP contribution is 2.21. The summed E-state index contributed by atoms with van der Waals surface area (Å²) in [5, 5.41) is 0. The van der Waals surface area contributed by atoms with Gasteiger partial charge in [0.05, 0.1) is 5.92 Å². The van der Waals surface area contributed by atoms with Crippen LogP contribution in [0.4, 0.5) is 0 Å². The number of Topliss-reactive ketones (excluding diaryl/α,β-unsaturated/α-hetero) is 1. The molecule has 0 bridgehead atoms. The fraction of sp³-hybridized carbons (Fsp3) is 0.250. The molecule has 0 saturated carbocycles. The quantitative estimate of drug-likeness (QED) is 0.339. The normalized spacial score (nSPS) is 11.3. The van der Waals surface area contributed by atoms with E-state index in [0.29, 0.717) is 12.0 Å². The van der Waals surface area contributed by atoms with E-state index in [0.717, 1.165) is 5.56 Å². The Morgan fingerprint density at radius 3 is 2.35 bits per heavy atom. The first kappa shape index (κ1) is 17.0. The largest absolute Gasteiger partial charge is 0.359 e. The maximum atomic E-state index is 12.4. The Labute approximate surface area is 137 Å². The van der Waals surface area contributed by atoms with Crippen molar-refractivity contribution in [1.82, 2.24) is 0 Å². The number of rotatable bonds is 7. The fourth-order valence-electron chi connectivity index (χ4n) is 2.21. The maximum absolute atomic E-state index is 12.4. The molecule has 0 spiro atoms. The zero-order chi connectivity index (χ0) is 16.3. The van der Waals surface area contributed by atoms with Crippen LogP contribution < -0.4 is 0 Å². The third-order valence-electron chi connectivity index (χ3n) is 3.34. The van der Waals surface area contributed by atoms with Gasteiger partial charge < -0.3 is 9.47 Å². The number of hydrogen-bond acceptors (Lipinski definition) is 3. The zero-order valence-corrected chi connectivity index (χ0v) is 13.2. The molecule has 0 aliphatic heterocycles. The van der Waals surface area contributed by atoms with Gasteiger partial charge in [-0.15, -0.1) is 0 Å². The van der Waals surface area contributed by atoms with E-state index >= 15 is 0 Å². The molecule has 2 aromatic carbocycles. The third-order valence-corrected chi connectivity index (χ3v) is 3.34. The molecule has 2 aromatic rings. The van der Waals surface area contributed by atoms with Gasteiger partial charge in [0.2, 0.25) is 0 Å². The van der Waals surface area contributed by atoms with Gasteiger partial charge in [-0.1, -0.05) is 72.5 Å². The van der Waals surface area contributed by atoms with Gasteiger partial charge in [0.15, 0.2) is 5.78 Å². The summed E-state index contributed by atoms with van der Waals surface area (Å²) < 4.78 is 9.99. The summed E-state index contributed by atoms with van der Waals surface area (Å²) in [6, 6.07) is 19.2. The Hall–Kier alpha value is -2.41. The molecule has 0 saturated heterocycles. The van der Waals surface area contributed by atoms with Crippen LogP contribution in [-0.4, -0.2) is 26.3 Å². The van der Waals surface area contributed by atoms with Crippen molar-refractivity contribution in [1.29, 1.82) is 0 Å². The van der Waals surface area contributed by atoms with Crippen LogP contribution in [-0.2, 0) is 9.47 Å². The van der Waals surface area contributed by atoms with Gasteiger partial charge in [0, 0.05) is 19.1 Å². The molecule has 0 heterocycles. The summed E-state index contributed by atoms with van der Waals surface area (Å²) in [6.07, 6.45) is 0.352. The van der Waals surface area contributed by atoms with Gasteiger partial charge in [0.25, 0.3) is 0 Å². The van der Waals surface area contributed by atoms with E-state index in [9.17, 15) is 4.79 Å². The second kappa shape index (κ2) is 9.58. The van der Waals surface area contributed by atoms with Gasteiger partial charge >= 0.3 is 0 Å². The Bertz CT molecular complexity index is 654. The number of carbonyl (C=O) groups is 1. The lowest BCUT2D eigenvalue weighted by molar-refractivity contribution is -0.0166. The van der Waals surface area contributed by atoms with Crippen LogP contribution in [0.3, 0.4) is 0 Å². The molecule has 118 valence electrons. The first-order chi connectivity index (χ1) is 11.3. The molecule has 1 unspecified atom stereocenters. The topological polar surface area (TPSA) is 35.5 Å². The van der Waals surface area contributed by atoms with Gasteiger partial charge in [0.1, 0.15) is 13.4 Å². The van der Waals surface area contributed by atoms with E-state index in [4.69, 9.17) is 9.47 Å². The van der Waals surface area contributed by atoms with Crippen LogP contribution in [0.5, 0.6) is 0 Å². The van der Waals surface area contributed by atoms with Crippen LogP contribution >= 0.6 is 0 Å². The minimum Gasteiger partial charge on any atom is -0.359 e. The van der Waals surface area contributed by atoms with Gasteiger partial charge in [-0.05, 0) is 5.56 Å². The monoisotopic (exact) mass is 308 g/mol. The fourth-order valence-corrected chi connectivity index (χ4v) is 2.21. The van der Waals surface area contributed by atoms with Gasteiger partial charge in [-0.25, -0.2) is 0 Å². The smallest absolute Gasteiger partial charge is 0.164 e. The van der Waals surface area contributed by atoms with Crippen LogP contribution in [0.2, 0.25) is 0 Å². The van der Waals surface area contributed by atoms with Crippen molar-refractivity contribution in [2.45, 2.75) is 12.3 Å². The van der Waals surface area contributed by atoms with Crippen molar-refractivity contribution in [3.8, 4) is 11.8 Å².